The van der Waals surface area contributed by atoms with Crippen LogP contribution in [-0.4, -0.2) is 25.0 Å². The molecule has 5 aromatic rings. The van der Waals surface area contributed by atoms with Crippen molar-refractivity contribution in [1.82, 2.24) is 25.0 Å². The molecule has 0 saturated heterocycles. The molecule has 5 rings (SSSR count). The van der Waals surface area contributed by atoms with E-state index in [9.17, 15) is 10.1 Å². The Morgan fingerprint density at radius 3 is 2.57 bits per heavy atom. The fourth-order valence-electron chi connectivity index (χ4n) is 3.70. The molecule has 180 valence electrons. The molecule has 0 spiro atoms. The number of nitrogens with two attached hydrogens (primary N) is 1. The molecule has 0 saturated carbocycles. The zero-order valence-electron chi connectivity index (χ0n) is 20.2. The highest BCUT2D eigenvalue weighted by atomic mass is 35.5. The van der Waals surface area contributed by atoms with Crippen LogP contribution in [0.25, 0.3) is 42.7 Å². The Balaban J connectivity index is 0.000000815. The molecule has 0 aliphatic carbocycles. The first-order chi connectivity index (χ1) is 17.0. The van der Waals surface area contributed by atoms with Crippen LogP contribution in [0, 0.1) is 11.3 Å². The third-order valence-electron chi connectivity index (χ3n) is 5.15. The number of aryl methyl sites for hydroxylation is 1. The number of H-pyrrole nitrogens is 1. The Morgan fingerprint density at radius 2 is 1.89 bits per heavy atom. The molecule has 0 radical (unpaired) electrons. The molecule has 35 heavy (non-hydrogen) atoms. The second-order valence-electron chi connectivity index (χ2n) is 6.92. The lowest BCUT2D eigenvalue weighted by atomic mass is 10.00. The summed E-state index contributed by atoms with van der Waals surface area (Å²) < 4.78 is 1.73. The molecule has 0 atom stereocenters. The summed E-state index contributed by atoms with van der Waals surface area (Å²) in [7, 11) is 1.82. The molecule has 8 nitrogen and oxygen atoms in total. The average molecular weight is 508 g/mol. The van der Waals surface area contributed by atoms with Gasteiger partial charge in [0.25, 0.3) is 5.56 Å². The third-order valence-corrected chi connectivity index (χ3v) is 6.48. The average Bonchev–Trinajstić information content (AvgIpc) is 3.45. The Bertz CT molecular complexity index is 1590. The summed E-state index contributed by atoms with van der Waals surface area (Å²) in [5, 5.41) is 23.2. The first-order valence-corrected chi connectivity index (χ1v) is 12.4. The van der Waals surface area contributed by atoms with Gasteiger partial charge in [0.05, 0.1) is 38.4 Å². The van der Waals surface area contributed by atoms with Crippen LogP contribution >= 0.6 is 22.9 Å². The maximum atomic E-state index is 12.2. The van der Waals surface area contributed by atoms with Crippen LogP contribution in [0.15, 0.2) is 41.5 Å². The normalized spacial score (nSPS) is 10.3. The predicted molar refractivity (Wildman–Crippen MR) is 143 cm³/mol. The van der Waals surface area contributed by atoms with Crippen molar-refractivity contribution in [3.05, 3.63) is 63.3 Å². The number of hydrogen-bond acceptors (Lipinski definition) is 7. The van der Waals surface area contributed by atoms with Crippen LogP contribution in [0.5, 0.6) is 0 Å². The summed E-state index contributed by atoms with van der Waals surface area (Å²) >= 11 is 7.52. The summed E-state index contributed by atoms with van der Waals surface area (Å²) in [6.45, 7) is 8.19. The van der Waals surface area contributed by atoms with Gasteiger partial charge in [0.15, 0.2) is 0 Å². The Hall–Kier alpha value is -3.58. The van der Waals surface area contributed by atoms with E-state index in [-0.39, 0.29) is 12.1 Å². The molecular formula is C25H26ClN7OS. The quantitative estimate of drug-likeness (QED) is 0.325. The number of thiophene rings is 1. The minimum atomic E-state index is -0.274. The number of rotatable bonds is 3. The molecule has 0 fully saturated rings. The van der Waals surface area contributed by atoms with E-state index in [1.54, 1.807) is 29.2 Å². The number of nitriles is 1. The molecule has 4 heterocycles. The Morgan fingerprint density at radius 1 is 1.14 bits per heavy atom. The minimum Gasteiger partial charge on any atom is -0.325 e. The summed E-state index contributed by atoms with van der Waals surface area (Å²) in [5.74, 6) is 0. The highest BCUT2D eigenvalue weighted by molar-refractivity contribution is 7.22. The van der Waals surface area contributed by atoms with Gasteiger partial charge in [-0.05, 0) is 23.8 Å². The van der Waals surface area contributed by atoms with E-state index < -0.39 is 0 Å². The number of hydrogen-bond donors (Lipinski definition) is 2. The van der Waals surface area contributed by atoms with Gasteiger partial charge in [-0.25, -0.2) is 10.1 Å². The maximum Gasteiger partial charge on any atom is 0.272 e. The van der Waals surface area contributed by atoms with Crippen LogP contribution in [0.2, 0.25) is 5.02 Å². The van der Waals surface area contributed by atoms with E-state index in [2.05, 4.69) is 26.3 Å². The van der Waals surface area contributed by atoms with Gasteiger partial charge in [0.1, 0.15) is 10.9 Å². The number of aromatic amines is 1. The topological polar surface area (TPSA) is 126 Å². The van der Waals surface area contributed by atoms with Gasteiger partial charge in [-0.2, -0.15) is 15.5 Å². The van der Waals surface area contributed by atoms with Gasteiger partial charge in [-0.1, -0.05) is 45.4 Å². The maximum absolute atomic E-state index is 12.2. The number of benzene rings is 1. The lowest BCUT2D eigenvalue weighted by Crippen LogP contribution is -2.13. The predicted octanol–water partition coefficient (Wildman–Crippen LogP) is 5.64. The number of pyridine rings is 1. The lowest BCUT2D eigenvalue weighted by Gasteiger charge is -2.08. The molecule has 0 amide bonds. The fraction of sp³-hybridized carbons (Fsp3) is 0.240. The van der Waals surface area contributed by atoms with E-state index in [4.69, 9.17) is 17.3 Å². The van der Waals surface area contributed by atoms with Crippen LogP contribution in [0.4, 0.5) is 0 Å². The largest absolute Gasteiger partial charge is 0.325 e. The Kier molecular flexibility index (Phi) is 8.35. The minimum absolute atomic E-state index is 0.192. The van der Waals surface area contributed by atoms with Gasteiger partial charge in [0.2, 0.25) is 0 Å². The van der Waals surface area contributed by atoms with Crippen molar-refractivity contribution >= 4 is 43.9 Å². The van der Waals surface area contributed by atoms with Gasteiger partial charge in [0, 0.05) is 36.1 Å². The Labute approximate surface area is 212 Å². The third kappa shape index (κ3) is 4.68. The standard InChI is InChI=1S/C21H14ClN7OS.2C2H6/c1-29-18(19-15(6-23)14-5-11(22)8-25-21(14)31-19)16(9-26-29)10-2-3-12-13(4-10)17(7-24)27-28-20(12)30;2*1-2/h2-5,8-9H,7,24H2,1H3,(H,28,30);2*1-2H3. The van der Waals surface area contributed by atoms with Crippen LogP contribution in [0.3, 0.4) is 0 Å². The van der Waals surface area contributed by atoms with E-state index >= 15 is 0 Å². The monoisotopic (exact) mass is 507 g/mol. The number of nitrogens with one attached hydrogen (secondary N) is 1. The summed E-state index contributed by atoms with van der Waals surface area (Å²) in [4.78, 5) is 18.0. The fourth-order valence-corrected chi connectivity index (χ4v) is 5.02. The second-order valence-corrected chi connectivity index (χ2v) is 8.35. The zero-order chi connectivity index (χ0) is 25.7. The van der Waals surface area contributed by atoms with Gasteiger partial charge >= 0.3 is 0 Å². The molecule has 10 heteroatoms. The molecule has 0 bridgehead atoms. The highest BCUT2D eigenvalue weighted by Gasteiger charge is 2.22. The first-order valence-electron chi connectivity index (χ1n) is 11.2. The SMILES string of the molecule is CC.CC.Cn1ncc(-c2ccc3c(=O)[nH]nc(CN)c3c2)c1-c1sc2ncc(Cl)cc2c1C#N. The van der Waals surface area contributed by atoms with Crippen molar-refractivity contribution in [2.75, 3.05) is 0 Å². The molecule has 4 aromatic heterocycles. The highest BCUT2D eigenvalue weighted by Crippen LogP contribution is 2.42. The number of nitrogens with zero attached hydrogens (tertiary/aromatic N) is 5. The number of fused-ring (bicyclic) bond motifs is 2. The summed E-state index contributed by atoms with van der Waals surface area (Å²) in [6.07, 6.45) is 3.31. The zero-order valence-corrected chi connectivity index (χ0v) is 21.8. The van der Waals surface area contributed by atoms with Crippen molar-refractivity contribution in [2.45, 2.75) is 34.2 Å². The molecular weight excluding hydrogens is 482 g/mol. The lowest BCUT2D eigenvalue weighted by molar-refractivity contribution is 0.777. The van der Waals surface area contributed by atoms with E-state index in [1.807, 2.05) is 46.9 Å². The van der Waals surface area contributed by atoms with Crippen molar-refractivity contribution in [2.24, 2.45) is 12.8 Å². The van der Waals surface area contributed by atoms with Crippen LogP contribution in [0.1, 0.15) is 39.0 Å². The molecule has 0 aliphatic heterocycles. The first kappa shape index (κ1) is 26.0. The molecule has 3 N–H and O–H groups in total. The van der Waals surface area contributed by atoms with Crippen LogP contribution in [-0.2, 0) is 13.6 Å². The van der Waals surface area contributed by atoms with Crippen molar-refractivity contribution in [1.29, 1.82) is 5.26 Å². The van der Waals surface area contributed by atoms with Crippen LogP contribution < -0.4 is 11.3 Å². The smallest absolute Gasteiger partial charge is 0.272 e. The summed E-state index contributed by atoms with van der Waals surface area (Å²) in [6, 6.07) is 9.53. The van der Waals surface area contributed by atoms with Gasteiger partial charge < -0.3 is 5.73 Å². The number of aromatic nitrogens is 5. The molecule has 1 aromatic carbocycles. The van der Waals surface area contributed by atoms with E-state index in [1.165, 1.54) is 11.3 Å². The van der Waals surface area contributed by atoms with Crippen molar-refractivity contribution in [3.8, 4) is 27.8 Å². The van der Waals surface area contributed by atoms with Crippen molar-refractivity contribution in [3.63, 3.8) is 0 Å². The van der Waals surface area contributed by atoms with E-state index in [0.29, 0.717) is 32.4 Å². The second kappa shape index (κ2) is 11.2. The van der Waals surface area contributed by atoms with Crippen molar-refractivity contribution < 1.29 is 0 Å². The summed E-state index contributed by atoms with van der Waals surface area (Å²) in [5.41, 5.74) is 9.08. The molecule has 0 aliphatic rings. The van der Waals surface area contributed by atoms with E-state index in [0.717, 1.165) is 26.5 Å². The number of halogens is 1. The van der Waals surface area contributed by atoms with Gasteiger partial charge in [-0.3, -0.25) is 9.48 Å². The molecule has 0 unspecified atom stereocenters. The van der Waals surface area contributed by atoms with Gasteiger partial charge in [-0.15, -0.1) is 11.3 Å².